The number of nitrogens with one attached hydrogen (secondary N) is 2. The van der Waals surface area contributed by atoms with Crippen molar-refractivity contribution in [1.82, 2.24) is 0 Å². The van der Waals surface area contributed by atoms with Crippen LogP contribution in [0.15, 0.2) is 72.8 Å². The van der Waals surface area contributed by atoms with Crippen LogP contribution in [-0.4, -0.2) is 11.8 Å². The Balaban J connectivity index is 1.77. The molecule has 3 aromatic carbocycles. The van der Waals surface area contributed by atoms with Crippen LogP contribution >= 0.6 is 0 Å². The summed E-state index contributed by atoms with van der Waals surface area (Å²) in [6.45, 7) is 0. The molecule has 108 valence electrons. The Labute approximate surface area is 127 Å². The minimum atomic E-state index is -0.695. The zero-order valence-electron chi connectivity index (χ0n) is 11.7. The quantitative estimate of drug-likeness (QED) is 0.710. The molecule has 0 radical (unpaired) electrons. The summed E-state index contributed by atoms with van der Waals surface area (Å²) in [7, 11) is 0. The third-order valence-corrected chi connectivity index (χ3v) is 3.28. The summed E-state index contributed by atoms with van der Waals surface area (Å²) >= 11 is 0. The first-order valence-corrected chi connectivity index (χ1v) is 6.89. The van der Waals surface area contributed by atoms with Gasteiger partial charge in [-0.3, -0.25) is 9.59 Å². The van der Waals surface area contributed by atoms with E-state index in [1.807, 2.05) is 42.5 Å². The molecule has 22 heavy (non-hydrogen) atoms. The molecule has 3 rings (SSSR count). The Morgan fingerprint density at radius 2 is 1.27 bits per heavy atom. The van der Waals surface area contributed by atoms with Crippen molar-refractivity contribution in [2.24, 2.45) is 0 Å². The lowest BCUT2D eigenvalue weighted by atomic mass is 10.1. The molecule has 0 atom stereocenters. The Hall–Kier alpha value is -3.14. The molecule has 4 heteroatoms. The van der Waals surface area contributed by atoms with Gasteiger partial charge in [0.1, 0.15) is 0 Å². The van der Waals surface area contributed by atoms with Crippen molar-refractivity contribution in [2.75, 3.05) is 10.6 Å². The molecule has 0 aromatic heterocycles. The van der Waals surface area contributed by atoms with Gasteiger partial charge in [0.05, 0.1) is 0 Å². The molecule has 0 bridgehead atoms. The number of fused-ring (bicyclic) bond motifs is 1. The van der Waals surface area contributed by atoms with Gasteiger partial charge in [0, 0.05) is 16.8 Å². The van der Waals surface area contributed by atoms with Crippen LogP contribution in [0.5, 0.6) is 0 Å². The van der Waals surface area contributed by atoms with Crippen molar-refractivity contribution in [3.05, 3.63) is 72.8 Å². The first-order chi connectivity index (χ1) is 10.7. The number of benzene rings is 3. The smallest absolute Gasteiger partial charge is 0.314 e. The van der Waals surface area contributed by atoms with Crippen molar-refractivity contribution in [3.63, 3.8) is 0 Å². The van der Waals surface area contributed by atoms with Crippen LogP contribution in [0.3, 0.4) is 0 Å². The topological polar surface area (TPSA) is 58.2 Å². The van der Waals surface area contributed by atoms with E-state index >= 15 is 0 Å². The van der Waals surface area contributed by atoms with Gasteiger partial charge >= 0.3 is 11.8 Å². The molecule has 2 amide bonds. The highest BCUT2D eigenvalue weighted by Crippen LogP contribution is 2.22. The Morgan fingerprint density at radius 1 is 0.636 bits per heavy atom. The van der Waals surface area contributed by atoms with Gasteiger partial charge in [-0.05, 0) is 23.6 Å². The van der Waals surface area contributed by atoms with E-state index in [0.717, 1.165) is 10.8 Å². The molecule has 4 nitrogen and oxygen atoms in total. The maximum Gasteiger partial charge on any atom is 0.314 e. The number of hydrogen-bond donors (Lipinski definition) is 2. The van der Waals surface area contributed by atoms with E-state index in [0.29, 0.717) is 11.4 Å². The second kappa shape index (κ2) is 6.10. The van der Waals surface area contributed by atoms with Crippen LogP contribution in [0.2, 0.25) is 0 Å². The minimum absolute atomic E-state index is 0.584. The number of hydrogen-bond acceptors (Lipinski definition) is 2. The summed E-state index contributed by atoms with van der Waals surface area (Å²) in [6, 6.07) is 22.1. The highest BCUT2D eigenvalue weighted by atomic mass is 16.2. The van der Waals surface area contributed by atoms with Crippen LogP contribution < -0.4 is 10.6 Å². The molecule has 0 aliphatic rings. The maximum atomic E-state index is 12.0. The van der Waals surface area contributed by atoms with Crippen LogP contribution in [0.4, 0.5) is 11.4 Å². The third kappa shape index (κ3) is 2.96. The summed E-state index contributed by atoms with van der Waals surface area (Å²) in [6.07, 6.45) is 0. The summed E-state index contributed by atoms with van der Waals surface area (Å²) < 4.78 is 0. The molecule has 0 heterocycles. The fraction of sp³-hybridized carbons (Fsp3) is 0. The monoisotopic (exact) mass is 290 g/mol. The van der Waals surface area contributed by atoms with Crippen LogP contribution in [0.25, 0.3) is 10.8 Å². The molecular formula is C18H14N2O2. The Kier molecular flexibility index (Phi) is 3.83. The maximum absolute atomic E-state index is 12.0. The molecule has 0 saturated carbocycles. The predicted octanol–water partition coefficient (Wildman–Crippen LogP) is 3.42. The molecule has 0 saturated heterocycles. The second-order valence-electron chi connectivity index (χ2n) is 4.80. The molecule has 0 aliphatic carbocycles. The van der Waals surface area contributed by atoms with Gasteiger partial charge in [0.2, 0.25) is 0 Å². The SMILES string of the molecule is O=C(Nc1ccccc1)C(=O)Nc1cccc2ccccc12. The molecule has 0 aliphatic heterocycles. The zero-order valence-corrected chi connectivity index (χ0v) is 11.7. The van der Waals surface area contributed by atoms with Crippen molar-refractivity contribution in [2.45, 2.75) is 0 Å². The van der Waals surface area contributed by atoms with E-state index in [-0.39, 0.29) is 0 Å². The van der Waals surface area contributed by atoms with Gasteiger partial charge < -0.3 is 10.6 Å². The lowest BCUT2D eigenvalue weighted by Gasteiger charge is -2.09. The third-order valence-electron chi connectivity index (χ3n) is 3.28. The zero-order chi connectivity index (χ0) is 15.4. The summed E-state index contributed by atoms with van der Waals surface area (Å²) in [5.41, 5.74) is 1.20. The fourth-order valence-corrected chi connectivity index (χ4v) is 2.22. The van der Waals surface area contributed by atoms with Gasteiger partial charge in [-0.15, -0.1) is 0 Å². The number of carbonyl (C=O) groups is 2. The van der Waals surface area contributed by atoms with Gasteiger partial charge in [0.15, 0.2) is 0 Å². The highest BCUT2D eigenvalue weighted by Gasteiger charge is 2.14. The molecular weight excluding hydrogens is 276 g/mol. The van der Waals surface area contributed by atoms with Crippen LogP contribution in [0, 0.1) is 0 Å². The molecule has 2 N–H and O–H groups in total. The van der Waals surface area contributed by atoms with Gasteiger partial charge in [-0.1, -0.05) is 54.6 Å². The number of amides is 2. The molecule has 0 unspecified atom stereocenters. The number of carbonyl (C=O) groups excluding carboxylic acids is 2. The van der Waals surface area contributed by atoms with E-state index in [2.05, 4.69) is 10.6 Å². The van der Waals surface area contributed by atoms with Crippen molar-refractivity contribution >= 4 is 34.0 Å². The lowest BCUT2D eigenvalue weighted by molar-refractivity contribution is -0.132. The standard InChI is InChI=1S/C18H14N2O2/c21-17(19-14-9-2-1-3-10-14)18(22)20-16-12-6-8-13-7-4-5-11-15(13)16/h1-12H,(H,19,21)(H,20,22). The Bertz CT molecular complexity index is 823. The van der Waals surface area contributed by atoms with E-state index in [4.69, 9.17) is 0 Å². The van der Waals surface area contributed by atoms with Gasteiger partial charge in [0.25, 0.3) is 0 Å². The average molecular weight is 290 g/mol. The molecule has 0 fully saturated rings. The highest BCUT2D eigenvalue weighted by molar-refractivity contribution is 6.44. The number of anilines is 2. The lowest BCUT2D eigenvalue weighted by Crippen LogP contribution is -2.29. The van der Waals surface area contributed by atoms with Gasteiger partial charge in [-0.25, -0.2) is 0 Å². The normalized spacial score (nSPS) is 10.2. The summed E-state index contributed by atoms with van der Waals surface area (Å²) in [5.74, 6) is -1.39. The summed E-state index contributed by atoms with van der Waals surface area (Å²) in [5, 5.41) is 7.11. The number of rotatable bonds is 2. The average Bonchev–Trinajstić information content (AvgIpc) is 2.56. The fourth-order valence-electron chi connectivity index (χ4n) is 2.22. The van der Waals surface area contributed by atoms with E-state index in [1.165, 1.54) is 0 Å². The predicted molar refractivity (Wildman–Crippen MR) is 87.6 cm³/mol. The van der Waals surface area contributed by atoms with E-state index in [9.17, 15) is 9.59 Å². The number of para-hydroxylation sites is 1. The van der Waals surface area contributed by atoms with Gasteiger partial charge in [-0.2, -0.15) is 0 Å². The van der Waals surface area contributed by atoms with E-state index in [1.54, 1.807) is 30.3 Å². The van der Waals surface area contributed by atoms with Crippen LogP contribution in [0.1, 0.15) is 0 Å². The first kappa shape index (κ1) is 13.8. The van der Waals surface area contributed by atoms with Crippen LogP contribution in [-0.2, 0) is 9.59 Å². The van der Waals surface area contributed by atoms with Crippen molar-refractivity contribution in [1.29, 1.82) is 0 Å². The Morgan fingerprint density at radius 3 is 2.09 bits per heavy atom. The summed E-state index contributed by atoms with van der Waals surface area (Å²) in [4.78, 5) is 24.0. The largest absolute Gasteiger partial charge is 0.318 e. The molecule has 0 spiro atoms. The van der Waals surface area contributed by atoms with Crippen molar-refractivity contribution < 1.29 is 9.59 Å². The minimum Gasteiger partial charge on any atom is -0.318 e. The van der Waals surface area contributed by atoms with E-state index < -0.39 is 11.8 Å². The first-order valence-electron chi connectivity index (χ1n) is 6.89. The van der Waals surface area contributed by atoms with Crippen molar-refractivity contribution in [3.8, 4) is 0 Å². The molecule has 3 aromatic rings. The second-order valence-corrected chi connectivity index (χ2v) is 4.80.